The van der Waals surface area contributed by atoms with Crippen LogP contribution >= 0.6 is 0 Å². The fourth-order valence-corrected chi connectivity index (χ4v) is 4.52. The lowest BCUT2D eigenvalue weighted by atomic mass is 9.83. The van der Waals surface area contributed by atoms with Gasteiger partial charge in [0.05, 0.1) is 24.0 Å². The number of nitrogens with zero attached hydrogens (tertiary/aromatic N) is 5. The Hall–Kier alpha value is -2.31. The highest BCUT2D eigenvalue weighted by molar-refractivity contribution is 5.79. The molecule has 0 amide bonds. The van der Waals surface area contributed by atoms with E-state index in [0.717, 1.165) is 57.0 Å². The average molecular weight is 363 g/mol. The zero-order valence-corrected chi connectivity index (χ0v) is 16.0. The number of aryl methyl sites for hydroxylation is 2. The maximum atomic E-state index is 6.32. The molecule has 2 aliphatic heterocycles. The van der Waals surface area contributed by atoms with Crippen LogP contribution in [0.25, 0.3) is 10.9 Å². The lowest BCUT2D eigenvalue weighted by Gasteiger charge is -2.44. The Labute approximate surface area is 159 Å². The number of hydrogen-bond acceptors (Lipinski definition) is 5. The number of aromatic nitrogens is 4. The summed E-state index contributed by atoms with van der Waals surface area (Å²) in [6.07, 6.45) is 6.85. The van der Waals surface area contributed by atoms with Gasteiger partial charge in [0.25, 0.3) is 0 Å². The first-order chi connectivity index (χ1) is 13.1. The van der Waals surface area contributed by atoms with Gasteiger partial charge in [0, 0.05) is 38.3 Å². The highest BCUT2D eigenvalue weighted by atomic mass is 16.5. The molecule has 3 aromatic rings. The molecule has 27 heavy (non-hydrogen) atoms. The van der Waals surface area contributed by atoms with E-state index in [1.54, 1.807) is 0 Å². The summed E-state index contributed by atoms with van der Waals surface area (Å²) in [6.45, 7) is 5.75. The third-order valence-corrected chi connectivity index (χ3v) is 6.05. The summed E-state index contributed by atoms with van der Waals surface area (Å²) in [6, 6.07) is 6.65. The third kappa shape index (κ3) is 2.93. The fraction of sp³-hybridized carbons (Fsp3) is 0.476. The van der Waals surface area contributed by atoms with Crippen molar-refractivity contribution < 1.29 is 4.74 Å². The van der Waals surface area contributed by atoms with Gasteiger partial charge >= 0.3 is 0 Å². The molecule has 0 bridgehead atoms. The summed E-state index contributed by atoms with van der Waals surface area (Å²) in [5.41, 5.74) is 4.71. The van der Waals surface area contributed by atoms with E-state index < -0.39 is 0 Å². The molecule has 0 N–H and O–H groups in total. The van der Waals surface area contributed by atoms with Gasteiger partial charge in [-0.1, -0.05) is 6.07 Å². The number of rotatable bonds is 2. The number of benzene rings is 1. The van der Waals surface area contributed by atoms with Crippen molar-refractivity contribution in [1.29, 1.82) is 0 Å². The predicted molar refractivity (Wildman–Crippen MR) is 103 cm³/mol. The maximum Gasteiger partial charge on any atom is 0.125 e. The molecular formula is C21H25N5O. The number of piperidine rings is 1. The van der Waals surface area contributed by atoms with E-state index in [1.807, 2.05) is 31.0 Å². The molecule has 1 spiro atoms. The second-order valence-corrected chi connectivity index (χ2v) is 7.82. The highest BCUT2D eigenvalue weighted by Gasteiger charge is 2.42. The topological polar surface area (TPSA) is 56.1 Å². The van der Waals surface area contributed by atoms with Crippen LogP contribution in [0.2, 0.25) is 0 Å². The Kier molecular flexibility index (Phi) is 3.98. The van der Waals surface area contributed by atoms with E-state index in [1.165, 1.54) is 22.0 Å². The van der Waals surface area contributed by atoms with Crippen LogP contribution in [0.5, 0.6) is 0 Å². The van der Waals surface area contributed by atoms with E-state index in [9.17, 15) is 0 Å². The molecule has 0 atom stereocenters. The number of hydrogen-bond donors (Lipinski definition) is 0. The third-order valence-electron chi connectivity index (χ3n) is 6.05. The summed E-state index contributed by atoms with van der Waals surface area (Å²) in [5.74, 6) is 0.839. The van der Waals surface area contributed by atoms with Gasteiger partial charge in [-0.2, -0.15) is 5.10 Å². The second kappa shape index (κ2) is 6.39. The minimum absolute atomic E-state index is 0.217. The number of fused-ring (bicyclic) bond motifs is 3. The van der Waals surface area contributed by atoms with Gasteiger partial charge in [-0.3, -0.25) is 9.58 Å². The van der Waals surface area contributed by atoms with Crippen LogP contribution in [0.4, 0.5) is 0 Å². The van der Waals surface area contributed by atoms with Crippen molar-refractivity contribution in [2.75, 3.05) is 19.7 Å². The van der Waals surface area contributed by atoms with E-state index in [0.29, 0.717) is 0 Å². The molecule has 1 aromatic carbocycles. The van der Waals surface area contributed by atoms with E-state index in [-0.39, 0.29) is 5.60 Å². The van der Waals surface area contributed by atoms with Crippen LogP contribution in [-0.4, -0.2) is 44.3 Å². The quantitative estimate of drug-likeness (QED) is 0.701. The van der Waals surface area contributed by atoms with Crippen LogP contribution in [-0.2, 0) is 30.4 Å². The Morgan fingerprint density at radius 3 is 2.89 bits per heavy atom. The van der Waals surface area contributed by atoms with Crippen molar-refractivity contribution in [3.05, 3.63) is 53.2 Å². The first-order valence-corrected chi connectivity index (χ1v) is 9.73. The highest BCUT2D eigenvalue weighted by Crippen LogP contribution is 2.40. The van der Waals surface area contributed by atoms with Gasteiger partial charge in [0.2, 0.25) is 0 Å². The molecule has 140 valence electrons. The lowest BCUT2D eigenvalue weighted by molar-refractivity contribution is -0.102. The van der Waals surface area contributed by atoms with E-state index in [2.05, 4.69) is 33.2 Å². The molecule has 1 saturated heterocycles. The molecule has 5 rings (SSSR count). The minimum atomic E-state index is -0.217. The summed E-state index contributed by atoms with van der Waals surface area (Å²) >= 11 is 0. The van der Waals surface area contributed by atoms with Gasteiger partial charge in [0.15, 0.2) is 0 Å². The molecule has 2 aliphatic rings. The molecule has 2 aromatic heterocycles. The summed E-state index contributed by atoms with van der Waals surface area (Å²) in [7, 11) is 1.99. The lowest BCUT2D eigenvalue weighted by Crippen LogP contribution is -2.47. The normalized spacial score (nSPS) is 19.5. The zero-order valence-electron chi connectivity index (χ0n) is 16.0. The van der Waals surface area contributed by atoms with Crippen LogP contribution < -0.4 is 0 Å². The van der Waals surface area contributed by atoms with Gasteiger partial charge < -0.3 is 4.74 Å². The van der Waals surface area contributed by atoms with Gasteiger partial charge in [0.1, 0.15) is 11.4 Å². The van der Waals surface area contributed by atoms with Crippen molar-refractivity contribution >= 4 is 10.9 Å². The van der Waals surface area contributed by atoms with Crippen LogP contribution in [0.1, 0.15) is 35.5 Å². The standard InChI is InChI=1S/C21H25N5O/c1-15-22-12-17-5-10-27-21(20(17)24-15)6-8-26(9-7-21)14-16-3-4-19-18(11-16)13-23-25(19)2/h3-4,11-13H,5-10,14H2,1-2H3. The summed E-state index contributed by atoms with van der Waals surface area (Å²) < 4.78 is 8.24. The fourth-order valence-electron chi connectivity index (χ4n) is 4.52. The zero-order chi connectivity index (χ0) is 18.4. The predicted octanol–water partition coefficient (Wildman–Crippen LogP) is 2.74. The summed E-state index contributed by atoms with van der Waals surface area (Å²) in [5, 5.41) is 5.55. The molecule has 6 nitrogen and oxygen atoms in total. The van der Waals surface area contributed by atoms with Crippen LogP contribution in [0.3, 0.4) is 0 Å². The molecule has 0 unspecified atom stereocenters. The van der Waals surface area contributed by atoms with Crippen molar-refractivity contribution in [2.45, 2.75) is 38.3 Å². The van der Waals surface area contributed by atoms with Gasteiger partial charge in [-0.15, -0.1) is 0 Å². The number of ether oxygens (including phenoxy) is 1. The smallest absolute Gasteiger partial charge is 0.125 e. The SMILES string of the molecule is Cc1ncc2c(n1)C1(CCN(Cc3ccc4c(cnn4C)c3)CC1)OCC2. The minimum Gasteiger partial charge on any atom is -0.368 e. The first kappa shape index (κ1) is 16.8. The van der Waals surface area contributed by atoms with Crippen LogP contribution in [0, 0.1) is 6.92 Å². The first-order valence-electron chi connectivity index (χ1n) is 9.73. The van der Waals surface area contributed by atoms with Crippen molar-refractivity contribution in [2.24, 2.45) is 7.05 Å². The van der Waals surface area contributed by atoms with Crippen molar-refractivity contribution in [3.63, 3.8) is 0 Å². The Bertz CT molecular complexity index is 987. The average Bonchev–Trinajstić information content (AvgIpc) is 3.05. The molecule has 1 fully saturated rings. The molecule has 4 heterocycles. The Balaban J connectivity index is 1.32. The van der Waals surface area contributed by atoms with Gasteiger partial charge in [-0.05, 0) is 49.4 Å². The van der Waals surface area contributed by atoms with Gasteiger partial charge in [-0.25, -0.2) is 9.97 Å². The van der Waals surface area contributed by atoms with Crippen molar-refractivity contribution in [1.82, 2.24) is 24.6 Å². The maximum absolute atomic E-state index is 6.32. The van der Waals surface area contributed by atoms with Crippen molar-refractivity contribution in [3.8, 4) is 0 Å². The molecular weight excluding hydrogens is 338 g/mol. The molecule has 0 aliphatic carbocycles. The Morgan fingerprint density at radius 1 is 1.19 bits per heavy atom. The molecule has 0 radical (unpaired) electrons. The van der Waals surface area contributed by atoms with E-state index in [4.69, 9.17) is 9.72 Å². The monoisotopic (exact) mass is 363 g/mol. The molecule has 6 heteroatoms. The van der Waals surface area contributed by atoms with Crippen LogP contribution in [0.15, 0.2) is 30.6 Å². The summed E-state index contributed by atoms with van der Waals surface area (Å²) in [4.78, 5) is 11.7. The largest absolute Gasteiger partial charge is 0.368 e. The van der Waals surface area contributed by atoms with E-state index >= 15 is 0 Å². The Morgan fingerprint density at radius 2 is 2.04 bits per heavy atom. The molecule has 0 saturated carbocycles. The second-order valence-electron chi connectivity index (χ2n) is 7.82. The number of likely N-dealkylation sites (tertiary alicyclic amines) is 1.